The lowest BCUT2D eigenvalue weighted by atomic mass is 10.1. The predicted octanol–water partition coefficient (Wildman–Crippen LogP) is 3.28. The Morgan fingerprint density at radius 2 is 2.21 bits per heavy atom. The average molecular weight is 237 g/mol. The molecule has 0 aromatic carbocycles. The summed E-state index contributed by atoms with van der Waals surface area (Å²) >= 11 is 10.9. The highest BCUT2D eigenvalue weighted by Gasteiger charge is 2.20. The van der Waals surface area contributed by atoms with Gasteiger partial charge < -0.3 is 0 Å². The molecule has 0 atom stereocenters. The summed E-state index contributed by atoms with van der Waals surface area (Å²) in [4.78, 5) is 3.48. The number of halogens is 4. The van der Waals surface area contributed by atoms with Crippen molar-refractivity contribution < 1.29 is 8.78 Å². The molecule has 1 aromatic heterocycles. The Bertz CT molecular complexity index is 388. The zero-order valence-electron chi connectivity index (χ0n) is 6.77. The second-order valence-corrected chi connectivity index (χ2v) is 3.03. The fourth-order valence-corrected chi connectivity index (χ4v) is 1.53. The van der Waals surface area contributed by atoms with E-state index < -0.39 is 12.0 Å². The van der Waals surface area contributed by atoms with Gasteiger partial charge in [-0.1, -0.05) is 11.6 Å². The maximum Gasteiger partial charge on any atom is 0.267 e. The summed E-state index contributed by atoms with van der Waals surface area (Å²) in [5.41, 5.74) is -0.385. The first-order valence-corrected chi connectivity index (χ1v) is 4.44. The van der Waals surface area contributed by atoms with Gasteiger partial charge in [0.15, 0.2) is 0 Å². The van der Waals surface area contributed by atoms with Gasteiger partial charge in [0.2, 0.25) is 0 Å². The maximum atomic E-state index is 12.5. The lowest BCUT2D eigenvalue weighted by molar-refractivity contribution is 0.150. The third kappa shape index (κ3) is 1.94. The fourth-order valence-electron chi connectivity index (χ4n) is 1.00. The zero-order valence-corrected chi connectivity index (χ0v) is 8.28. The van der Waals surface area contributed by atoms with Gasteiger partial charge in [-0.3, -0.25) is 0 Å². The lowest BCUT2D eigenvalue weighted by Gasteiger charge is -2.08. The number of pyridine rings is 1. The minimum Gasteiger partial charge on any atom is -0.243 e. The molecule has 0 spiro atoms. The number of hydrogen-bond donors (Lipinski definition) is 0. The van der Waals surface area contributed by atoms with E-state index in [2.05, 4.69) is 4.98 Å². The van der Waals surface area contributed by atoms with E-state index in [1.165, 1.54) is 0 Å². The summed E-state index contributed by atoms with van der Waals surface area (Å²) in [5.74, 6) is -0.190. The van der Waals surface area contributed by atoms with Crippen LogP contribution < -0.4 is 0 Å². The van der Waals surface area contributed by atoms with Crippen molar-refractivity contribution in [3.8, 4) is 6.07 Å². The largest absolute Gasteiger partial charge is 0.267 e. The molecule has 0 aliphatic rings. The van der Waals surface area contributed by atoms with Crippen LogP contribution in [0.15, 0.2) is 6.20 Å². The van der Waals surface area contributed by atoms with Crippen molar-refractivity contribution >= 4 is 23.2 Å². The monoisotopic (exact) mass is 236 g/mol. The Hall–Kier alpha value is -0.920. The molecule has 0 bridgehead atoms. The molecule has 0 radical (unpaired) electrons. The second-order valence-electron chi connectivity index (χ2n) is 2.40. The summed E-state index contributed by atoms with van der Waals surface area (Å²) in [6.07, 6.45) is -1.65. The molecule has 74 valence electrons. The van der Waals surface area contributed by atoms with E-state index in [9.17, 15) is 8.78 Å². The normalized spacial score (nSPS) is 10.3. The van der Waals surface area contributed by atoms with Crippen molar-refractivity contribution in [3.05, 3.63) is 28.0 Å². The number of alkyl halides is 3. The van der Waals surface area contributed by atoms with Crippen molar-refractivity contribution in [3.63, 3.8) is 0 Å². The van der Waals surface area contributed by atoms with Crippen LogP contribution in [0.5, 0.6) is 0 Å². The van der Waals surface area contributed by atoms with Crippen molar-refractivity contribution in [2.45, 2.75) is 12.3 Å². The van der Waals surface area contributed by atoms with Crippen molar-refractivity contribution in [2.24, 2.45) is 0 Å². The van der Waals surface area contributed by atoms with E-state index >= 15 is 0 Å². The van der Waals surface area contributed by atoms with Crippen molar-refractivity contribution in [2.75, 3.05) is 0 Å². The van der Waals surface area contributed by atoms with Gasteiger partial charge in [-0.25, -0.2) is 13.8 Å². The Kier molecular flexibility index (Phi) is 3.62. The Labute approximate surface area is 89.1 Å². The van der Waals surface area contributed by atoms with Crippen LogP contribution in [0.2, 0.25) is 5.15 Å². The third-order valence-electron chi connectivity index (χ3n) is 1.65. The zero-order chi connectivity index (χ0) is 10.7. The van der Waals surface area contributed by atoms with Crippen LogP contribution in [-0.2, 0) is 5.88 Å². The van der Waals surface area contributed by atoms with Gasteiger partial charge in [0.05, 0.1) is 11.1 Å². The van der Waals surface area contributed by atoms with Gasteiger partial charge in [0.1, 0.15) is 11.2 Å². The maximum absolute atomic E-state index is 12.5. The number of hydrogen-bond acceptors (Lipinski definition) is 2. The van der Waals surface area contributed by atoms with Gasteiger partial charge in [-0.15, -0.1) is 11.6 Å². The van der Waals surface area contributed by atoms with E-state index in [1.807, 2.05) is 0 Å². The molecule has 1 rings (SSSR count). The standard InChI is InChI=1S/C8H4Cl2F2N2/c9-1-5-4(2-13)3-14-7(10)6(5)8(11)12/h3,8H,1H2. The van der Waals surface area contributed by atoms with Crippen molar-refractivity contribution in [1.82, 2.24) is 4.98 Å². The summed E-state index contributed by atoms with van der Waals surface area (Å²) in [6, 6.07) is 1.73. The number of nitriles is 1. The summed E-state index contributed by atoms with van der Waals surface area (Å²) < 4.78 is 25.0. The van der Waals surface area contributed by atoms with E-state index in [4.69, 9.17) is 28.5 Å². The van der Waals surface area contributed by atoms with Crippen LogP contribution >= 0.6 is 23.2 Å². The topological polar surface area (TPSA) is 36.7 Å². The van der Waals surface area contributed by atoms with Crippen LogP contribution in [0.1, 0.15) is 23.1 Å². The number of rotatable bonds is 2. The quantitative estimate of drug-likeness (QED) is 0.584. The molecule has 14 heavy (non-hydrogen) atoms. The van der Waals surface area contributed by atoms with E-state index in [-0.39, 0.29) is 22.2 Å². The first-order chi connectivity index (χ1) is 6.61. The molecule has 0 aliphatic heterocycles. The van der Waals surface area contributed by atoms with Crippen molar-refractivity contribution in [1.29, 1.82) is 5.26 Å². The first kappa shape index (κ1) is 11.2. The third-order valence-corrected chi connectivity index (χ3v) is 2.22. The minimum atomic E-state index is -2.78. The molecule has 0 amide bonds. The van der Waals surface area contributed by atoms with Crippen LogP contribution in [0.3, 0.4) is 0 Å². The van der Waals surface area contributed by atoms with Crippen LogP contribution in [0.25, 0.3) is 0 Å². The van der Waals surface area contributed by atoms with Gasteiger partial charge in [0, 0.05) is 12.1 Å². The van der Waals surface area contributed by atoms with Gasteiger partial charge in [-0.05, 0) is 5.56 Å². The van der Waals surface area contributed by atoms with E-state index in [1.54, 1.807) is 6.07 Å². The summed E-state index contributed by atoms with van der Waals surface area (Å²) in [6.45, 7) is 0. The smallest absolute Gasteiger partial charge is 0.243 e. The Balaban J connectivity index is 3.45. The van der Waals surface area contributed by atoms with Crippen LogP contribution in [0, 0.1) is 11.3 Å². The molecule has 2 nitrogen and oxygen atoms in total. The van der Waals surface area contributed by atoms with E-state index in [0.29, 0.717) is 0 Å². The number of aromatic nitrogens is 1. The molecule has 0 aliphatic carbocycles. The summed E-state index contributed by atoms with van der Waals surface area (Å²) in [5, 5.41) is 8.30. The highest BCUT2D eigenvalue weighted by Crippen LogP contribution is 2.31. The molecule has 6 heteroatoms. The highest BCUT2D eigenvalue weighted by molar-refractivity contribution is 6.30. The fraction of sp³-hybridized carbons (Fsp3) is 0.250. The number of nitrogens with zero attached hydrogens (tertiary/aromatic N) is 2. The predicted molar refractivity (Wildman–Crippen MR) is 48.5 cm³/mol. The molecule has 1 aromatic rings. The molecule has 0 saturated heterocycles. The Morgan fingerprint density at radius 3 is 2.64 bits per heavy atom. The van der Waals surface area contributed by atoms with E-state index in [0.717, 1.165) is 6.20 Å². The molecule has 1 heterocycles. The molecular formula is C8H4Cl2F2N2. The molecule has 0 fully saturated rings. The van der Waals surface area contributed by atoms with Crippen LogP contribution in [0.4, 0.5) is 8.78 Å². The second kappa shape index (κ2) is 4.54. The molecule has 0 unspecified atom stereocenters. The van der Waals surface area contributed by atoms with Gasteiger partial charge >= 0.3 is 0 Å². The van der Waals surface area contributed by atoms with Gasteiger partial charge in [-0.2, -0.15) is 5.26 Å². The lowest BCUT2D eigenvalue weighted by Crippen LogP contribution is -1.99. The summed E-state index contributed by atoms with van der Waals surface area (Å²) in [7, 11) is 0. The van der Waals surface area contributed by atoms with Gasteiger partial charge in [0.25, 0.3) is 6.43 Å². The van der Waals surface area contributed by atoms with Crippen LogP contribution in [-0.4, -0.2) is 4.98 Å². The first-order valence-electron chi connectivity index (χ1n) is 3.53. The molecular weight excluding hydrogens is 233 g/mol. The molecule has 0 N–H and O–H groups in total. The SMILES string of the molecule is N#Cc1cnc(Cl)c(C(F)F)c1CCl. The Morgan fingerprint density at radius 1 is 1.57 bits per heavy atom. The average Bonchev–Trinajstić information content (AvgIpc) is 2.16. The minimum absolute atomic E-state index is 0.0275. The highest BCUT2D eigenvalue weighted by atomic mass is 35.5. The molecule has 0 saturated carbocycles.